The zero-order valence-corrected chi connectivity index (χ0v) is 12.0. The lowest BCUT2D eigenvalue weighted by molar-refractivity contribution is 0.568. The monoisotopic (exact) mass is 259 g/mol. The van der Waals surface area contributed by atoms with Gasteiger partial charge in [0.25, 0.3) is 0 Å². The number of fused-ring (bicyclic) bond motifs is 1. The number of hydrogen-bond donors (Lipinski definition) is 1. The first-order valence-corrected chi connectivity index (χ1v) is 7.56. The Balaban J connectivity index is 1.84. The van der Waals surface area contributed by atoms with E-state index >= 15 is 0 Å². The molecule has 0 fully saturated rings. The van der Waals surface area contributed by atoms with Gasteiger partial charge in [-0.1, -0.05) is 44.2 Å². The van der Waals surface area contributed by atoms with E-state index in [9.17, 15) is 0 Å². The molecule has 1 N–H and O–H groups in total. The summed E-state index contributed by atoms with van der Waals surface area (Å²) in [6.45, 7) is 6.67. The van der Waals surface area contributed by atoms with Gasteiger partial charge in [-0.2, -0.15) is 0 Å². The zero-order valence-electron chi connectivity index (χ0n) is 11.1. The average Bonchev–Trinajstić information content (AvgIpc) is 2.38. The summed E-state index contributed by atoms with van der Waals surface area (Å²) in [4.78, 5) is 1.36. The quantitative estimate of drug-likeness (QED) is 0.617. The predicted molar refractivity (Wildman–Crippen MR) is 82.4 cm³/mol. The molecule has 0 saturated carbocycles. The van der Waals surface area contributed by atoms with Crippen LogP contribution in [-0.2, 0) is 0 Å². The molecule has 0 aliphatic rings. The lowest BCUT2D eigenvalue weighted by atomic mass is 10.1. The van der Waals surface area contributed by atoms with Gasteiger partial charge in [-0.05, 0) is 35.4 Å². The van der Waals surface area contributed by atoms with Crippen molar-refractivity contribution in [3.05, 3.63) is 42.5 Å². The van der Waals surface area contributed by atoms with Crippen LogP contribution < -0.4 is 5.32 Å². The van der Waals surface area contributed by atoms with E-state index in [1.807, 2.05) is 11.8 Å². The van der Waals surface area contributed by atoms with Crippen molar-refractivity contribution in [2.75, 3.05) is 18.8 Å². The minimum Gasteiger partial charge on any atom is -0.316 e. The molecule has 18 heavy (non-hydrogen) atoms. The number of nitrogens with one attached hydrogen (secondary N) is 1. The summed E-state index contributed by atoms with van der Waals surface area (Å²) in [6, 6.07) is 15.2. The topological polar surface area (TPSA) is 12.0 Å². The Kier molecular flexibility index (Phi) is 5.09. The van der Waals surface area contributed by atoms with Crippen LogP contribution in [-0.4, -0.2) is 18.8 Å². The predicted octanol–water partition coefficient (Wildman–Crippen LogP) is 4.18. The smallest absolute Gasteiger partial charge is 0.0106 e. The third-order valence-corrected chi connectivity index (χ3v) is 3.82. The van der Waals surface area contributed by atoms with Crippen molar-refractivity contribution in [2.45, 2.75) is 18.7 Å². The van der Waals surface area contributed by atoms with E-state index in [0.29, 0.717) is 0 Å². The van der Waals surface area contributed by atoms with E-state index < -0.39 is 0 Å². The van der Waals surface area contributed by atoms with Gasteiger partial charge in [0.15, 0.2) is 0 Å². The van der Waals surface area contributed by atoms with Crippen molar-refractivity contribution in [3.8, 4) is 0 Å². The van der Waals surface area contributed by atoms with Crippen LogP contribution in [0.1, 0.15) is 13.8 Å². The maximum absolute atomic E-state index is 3.47. The molecule has 0 atom stereocenters. The van der Waals surface area contributed by atoms with Crippen LogP contribution in [0.4, 0.5) is 0 Å². The third-order valence-electron chi connectivity index (χ3n) is 2.82. The summed E-state index contributed by atoms with van der Waals surface area (Å²) in [5.74, 6) is 1.86. The van der Waals surface area contributed by atoms with Gasteiger partial charge in [-0.3, -0.25) is 0 Å². The van der Waals surface area contributed by atoms with Crippen molar-refractivity contribution < 1.29 is 0 Å². The first kappa shape index (κ1) is 13.4. The Morgan fingerprint density at radius 1 is 1.06 bits per heavy atom. The molecule has 96 valence electrons. The minimum absolute atomic E-state index is 0.732. The van der Waals surface area contributed by atoms with Crippen LogP contribution in [0, 0.1) is 5.92 Å². The number of hydrogen-bond acceptors (Lipinski definition) is 2. The Morgan fingerprint density at radius 3 is 2.61 bits per heavy atom. The first-order valence-electron chi connectivity index (χ1n) is 6.58. The highest BCUT2D eigenvalue weighted by Crippen LogP contribution is 2.23. The number of thioether (sulfide) groups is 1. The van der Waals surface area contributed by atoms with Crippen LogP contribution in [0.2, 0.25) is 0 Å². The largest absolute Gasteiger partial charge is 0.316 e. The lowest BCUT2D eigenvalue weighted by Crippen LogP contribution is -2.21. The molecule has 0 unspecified atom stereocenters. The van der Waals surface area contributed by atoms with E-state index in [1.165, 1.54) is 15.7 Å². The molecule has 0 amide bonds. The normalized spacial score (nSPS) is 11.3. The third kappa shape index (κ3) is 4.04. The highest BCUT2D eigenvalue weighted by molar-refractivity contribution is 7.99. The highest BCUT2D eigenvalue weighted by atomic mass is 32.2. The number of benzene rings is 2. The van der Waals surface area contributed by atoms with Gasteiger partial charge in [0, 0.05) is 17.2 Å². The van der Waals surface area contributed by atoms with Gasteiger partial charge >= 0.3 is 0 Å². The Hall–Kier alpha value is -0.990. The molecule has 0 aliphatic carbocycles. The molecule has 2 aromatic rings. The molecule has 1 nitrogen and oxygen atoms in total. The molecule has 0 heterocycles. The van der Waals surface area contributed by atoms with Crippen LogP contribution in [0.3, 0.4) is 0 Å². The molecular formula is C16H21NS. The molecule has 0 aliphatic heterocycles. The van der Waals surface area contributed by atoms with Gasteiger partial charge in [0.1, 0.15) is 0 Å². The molecule has 0 saturated heterocycles. The van der Waals surface area contributed by atoms with Crippen LogP contribution in [0.25, 0.3) is 10.8 Å². The van der Waals surface area contributed by atoms with Gasteiger partial charge in [0.05, 0.1) is 0 Å². The van der Waals surface area contributed by atoms with E-state index in [-0.39, 0.29) is 0 Å². The van der Waals surface area contributed by atoms with Crippen LogP contribution >= 0.6 is 11.8 Å². The van der Waals surface area contributed by atoms with Gasteiger partial charge < -0.3 is 5.32 Å². The summed E-state index contributed by atoms with van der Waals surface area (Å²) in [7, 11) is 0. The highest BCUT2D eigenvalue weighted by Gasteiger charge is 1.97. The van der Waals surface area contributed by atoms with Crippen molar-refractivity contribution in [1.29, 1.82) is 0 Å². The minimum atomic E-state index is 0.732. The fraction of sp³-hybridized carbons (Fsp3) is 0.375. The Labute approximate surface area is 114 Å². The maximum Gasteiger partial charge on any atom is 0.0106 e. The van der Waals surface area contributed by atoms with Crippen molar-refractivity contribution in [3.63, 3.8) is 0 Å². The van der Waals surface area contributed by atoms with Gasteiger partial charge in [-0.15, -0.1) is 11.8 Å². The van der Waals surface area contributed by atoms with E-state index in [4.69, 9.17) is 0 Å². The van der Waals surface area contributed by atoms with Crippen LogP contribution in [0.5, 0.6) is 0 Å². The summed E-state index contributed by atoms with van der Waals surface area (Å²) < 4.78 is 0. The van der Waals surface area contributed by atoms with Crippen molar-refractivity contribution in [1.82, 2.24) is 5.32 Å². The molecule has 0 spiro atoms. The van der Waals surface area contributed by atoms with Crippen molar-refractivity contribution >= 4 is 22.5 Å². The van der Waals surface area contributed by atoms with E-state index in [2.05, 4.69) is 61.6 Å². The Bertz CT molecular complexity index is 493. The summed E-state index contributed by atoms with van der Waals surface area (Å²) in [6.07, 6.45) is 0. The summed E-state index contributed by atoms with van der Waals surface area (Å²) in [5.41, 5.74) is 0. The van der Waals surface area contributed by atoms with Gasteiger partial charge in [-0.25, -0.2) is 0 Å². The second-order valence-corrected chi connectivity index (χ2v) is 6.12. The molecule has 2 rings (SSSR count). The SMILES string of the molecule is CC(C)CNCCSc1ccc2ccccc2c1. The molecule has 0 aromatic heterocycles. The molecule has 0 radical (unpaired) electrons. The first-order chi connectivity index (χ1) is 8.75. The van der Waals surface area contributed by atoms with Crippen LogP contribution in [0.15, 0.2) is 47.4 Å². The standard InChI is InChI=1S/C16H21NS/c1-13(2)12-17-9-10-18-16-8-7-14-5-3-4-6-15(14)11-16/h3-8,11,13,17H,9-10,12H2,1-2H3. The Morgan fingerprint density at radius 2 is 1.83 bits per heavy atom. The second-order valence-electron chi connectivity index (χ2n) is 4.96. The fourth-order valence-electron chi connectivity index (χ4n) is 1.89. The molecular weight excluding hydrogens is 238 g/mol. The van der Waals surface area contributed by atoms with E-state index in [0.717, 1.165) is 24.8 Å². The van der Waals surface area contributed by atoms with E-state index in [1.54, 1.807) is 0 Å². The summed E-state index contributed by atoms with van der Waals surface area (Å²) >= 11 is 1.92. The summed E-state index contributed by atoms with van der Waals surface area (Å²) in [5, 5.41) is 6.12. The zero-order chi connectivity index (χ0) is 12.8. The molecule has 0 bridgehead atoms. The van der Waals surface area contributed by atoms with Gasteiger partial charge in [0.2, 0.25) is 0 Å². The average molecular weight is 259 g/mol. The lowest BCUT2D eigenvalue weighted by Gasteiger charge is -2.07. The molecule has 2 heteroatoms. The maximum atomic E-state index is 3.47. The van der Waals surface area contributed by atoms with Crippen molar-refractivity contribution in [2.24, 2.45) is 5.92 Å². The second kappa shape index (κ2) is 6.81. The number of rotatable bonds is 6. The molecule has 2 aromatic carbocycles. The fourth-order valence-corrected chi connectivity index (χ4v) is 2.75.